The van der Waals surface area contributed by atoms with Gasteiger partial charge in [-0.1, -0.05) is 42.5 Å². The predicted octanol–water partition coefficient (Wildman–Crippen LogP) is 1.88. The Morgan fingerprint density at radius 3 is 2.39 bits per heavy atom. The lowest BCUT2D eigenvalue weighted by Gasteiger charge is -2.07. The predicted molar refractivity (Wildman–Crippen MR) is 87.3 cm³/mol. The minimum absolute atomic E-state index is 0.0399. The maximum Gasteiger partial charge on any atom is 0.232 e. The number of carbonyl (C=O) groups excluding carboxylic acids is 1. The summed E-state index contributed by atoms with van der Waals surface area (Å²) in [6.07, 6.45) is 0. The van der Waals surface area contributed by atoms with Crippen molar-refractivity contribution in [1.29, 1.82) is 0 Å². The van der Waals surface area contributed by atoms with Crippen LogP contribution in [0.2, 0.25) is 0 Å². The molecule has 0 fully saturated rings. The third-order valence-electron chi connectivity index (χ3n) is 3.26. The van der Waals surface area contributed by atoms with Gasteiger partial charge in [0.15, 0.2) is 0 Å². The number of hydrogen-bond acceptors (Lipinski definition) is 3. The molecule has 122 valence electrons. The molecule has 0 bridgehead atoms. The molecule has 2 rings (SSSR count). The van der Waals surface area contributed by atoms with Crippen LogP contribution in [0.4, 0.5) is 4.39 Å². The molecule has 0 radical (unpaired) electrons. The highest BCUT2D eigenvalue weighted by molar-refractivity contribution is 7.84. The summed E-state index contributed by atoms with van der Waals surface area (Å²) in [4.78, 5) is 11.8. The van der Waals surface area contributed by atoms with E-state index in [0.717, 1.165) is 11.1 Å². The Hall–Kier alpha value is -2.05. The number of benzene rings is 2. The molecule has 0 saturated heterocycles. The number of halogens is 1. The minimum Gasteiger partial charge on any atom is -0.392 e. The summed E-state index contributed by atoms with van der Waals surface area (Å²) in [6.45, 7) is 0.0374. The number of hydrogen-bond donors (Lipinski definition) is 2. The van der Waals surface area contributed by atoms with Gasteiger partial charge < -0.3 is 10.4 Å². The van der Waals surface area contributed by atoms with Gasteiger partial charge in [0.05, 0.1) is 6.61 Å². The SMILES string of the molecule is O=C(CS(=O)Cc1ccc(CO)cc1)NCc1ccccc1F. The van der Waals surface area contributed by atoms with Crippen LogP contribution in [0.15, 0.2) is 48.5 Å². The zero-order valence-corrected chi connectivity index (χ0v) is 13.3. The van der Waals surface area contributed by atoms with Crippen LogP contribution < -0.4 is 5.32 Å². The molecule has 0 heterocycles. The van der Waals surface area contributed by atoms with Gasteiger partial charge in [-0.2, -0.15) is 0 Å². The summed E-state index contributed by atoms with van der Waals surface area (Å²) in [7, 11) is -1.34. The maximum absolute atomic E-state index is 13.4. The van der Waals surface area contributed by atoms with E-state index in [2.05, 4.69) is 5.32 Å². The molecule has 0 aliphatic rings. The Kier molecular flexibility index (Phi) is 6.43. The van der Waals surface area contributed by atoms with Crippen LogP contribution in [0.5, 0.6) is 0 Å². The number of aliphatic hydroxyl groups is 1. The molecule has 6 heteroatoms. The van der Waals surface area contributed by atoms with Gasteiger partial charge in [0.25, 0.3) is 0 Å². The first-order valence-electron chi connectivity index (χ1n) is 7.12. The molecule has 0 aromatic heterocycles. The Morgan fingerprint density at radius 1 is 1.09 bits per heavy atom. The molecule has 0 aliphatic carbocycles. The minimum atomic E-state index is -1.34. The summed E-state index contributed by atoms with van der Waals surface area (Å²) < 4.78 is 25.4. The standard InChI is InChI=1S/C17H18FNO3S/c18-16-4-2-1-3-15(16)9-19-17(21)12-23(22)11-14-7-5-13(10-20)6-8-14/h1-8,20H,9-12H2,(H,19,21). The summed E-state index contributed by atoms with van der Waals surface area (Å²) in [5.74, 6) is -0.619. The molecular weight excluding hydrogens is 317 g/mol. The second-order valence-electron chi connectivity index (χ2n) is 5.07. The van der Waals surface area contributed by atoms with Gasteiger partial charge in [0, 0.05) is 28.7 Å². The molecule has 1 unspecified atom stereocenters. The van der Waals surface area contributed by atoms with Gasteiger partial charge in [-0.3, -0.25) is 9.00 Å². The van der Waals surface area contributed by atoms with Crippen LogP contribution in [-0.4, -0.2) is 21.0 Å². The molecule has 2 aromatic carbocycles. The van der Waals surface area contributed by atoms with E-state index in [-0.39, 0.29) is 36.4 Å². The molecule has 1 amide bonds. The summed E-state index contributed by atoms with van der Waals surface area (Å²) in [6, 6.07) is 13.3. The third-order valence-corrected chi connectivity index (χ3v) is 4.50. The van der Waals surface area contributed by atoms with Crippen molar-refractivity contribution in [3.8, 4) is 0 Å². The molecule has 2 aromatic rings. The van der Waals surface area contributed by atoms with E-state index in [1.807, 2.05) is 0 Å². The van der Waals surface area contributed by atoms with Crippen LogP contribution in [0, 0.1) is 5.82 Å². The largest absolute Gasteiger partial charge is 0.392 e. The van der Waals surface area contributed by atoms with Crippen LogP contribution in [0.25, 0.3) is 0 Å². The van der Waals surface area contributed by atoms with Gasteiger partial charge in [-0.05, 0) is 17.2 Å². The highest BCUT2D eigenvalue weighted by Gasteiger charge is 2.10. The number of nitrogens with one attached hydrogen (secondary N) is 1. The zero-order chi connectivity index (χ0) is 16.7. The molecular formula is C17H18FNO3S. The van der Waals surface area contributed by atoms with E-state index in [0.29, 0.717) is 5.56 Å². The topological polar surface area (TPSA) is 66.4 Å². The van der Waals surface area contributed by atoms with Crippen molar-refractivity contribution in [1.82, 2.24) is 5.32 Å². The van der Waals surface area contributed by atoms with Crippen molar-refractivity contribution < 1.29 is 18.5 Å². The summed E-state index contributed by atoms with van der Waals surface area (Å²) >= 11 is 0. The average Bonchev–Trinajstić information content (AvgIpc) is 2.54. The van der Waals surface area contributed by atoms with E-state index in [1.165, 1.54) is 6.07 Å². The molecule has 0 spiro atoms. The second kappa shape index (κ2) is 8.55. The quantitative estimate of drug-likeness (QED) is 0.812. The van der Waals surface area contributed by atoms with Crippen molar-refractivity contribution in [3.05, 3.63) is 71.0 Å². The first-order valence-corrected chi connectivity index (χ1v) is 8.61. The number of rotatable bonds is 7. The van der Waals surface area contributed by atoms with E-state index in [1.54, 1.807) is 42.5 Å². The first kappa shape index (κ1) is 17.3. The van der Waals surface area contributed by atoms with E-state index in [9.17, 15) is 13.4 Å². The average molecular weight is 335 g/mol. The number of amides is 1. The van der Waals surface area contributed by atoms with Crippen LogP contribution >= 0.6 is 0 Å². The van der Waals surface area contributed by atoms with E-state index >= 15 is 0 Å². The van der Waals surface area contributed by atoms with E-state index in [4.69, 9.17) is 5.11 Å². The van der Waals surface area contributed by atoms with Gasteiger partial charge >= 0.3 is 0 Å². The Bertz CT molecular complexity index is 688. The lowest BCUT2D eigenvalue weighted by atomic mass is 10.2. The summed E-state index contributed by atoms with van der Waals surface area (Å²) in [5.41, 5.74) is 2.01. The van der Waals surface area contributed by atoms with Gasteiger partial charge in [0.1, 0.15) is 11.6 Å². The second-order valence-corrected chi connectivity index (χ2v) is 6.53. The molecule has 2 N–H and O–H groups in total. The van der Waals surface area contributed by atoms with Crippen molar-refractivity contribution in [3.63, 3.8) is 0 Å². The molecule has 23 heavy (non-hydrogen) atoms. The number of carbonyl (C=O) groups is 1. The molecule has 1 atom stereocenters. The zero-order valence-electron chi connectivity index (χ0n) is 12.5. The summed E-state index contributed by atoms with van der Waals surface area (Å²) in [5, 5.41) is 11.5. The maximum atomic E-state index is 13.4. The molecule has 0 saturated carbocycles. The lowest BCUT2D eigenvalue weighted by molar-refractivity contribution is -0.118. The van der Waals surface area contributed by atoms with Crippen molar-refractivity contribution >= 4 is 16.7 Å². The Balaban J connectivity index is 1.80. The fourth-order valence-corrected chi connectivity index (χ4v) is 3.07. The number of aliphatic hydroxyl groups excluding tert-OH is 1. The highest BCUT2D eigenvalue weighted by atomic mass is 32.2. The van der Waals surface area contributed by atoms with Gasteiger partial charge in [-0.25, -0.2) is 4.39 Å². The third kappa shape index (κ3) is 5.58. The fourth-order valence-electron chi connectivity index (χ4n) is 2.01. The molecule has 0 aliphatic heterocycles. The van der Waals surface area contributed by atoms with Gasteiger partial charge in [-0.15, -0.1) is 0 Å². The Labute approximate surface area is 136 Å². The molecule has 4 nitrogen and oxygen atoms in total. The van der Waals surface area contributed by atoms with Crippen molar-refractivity contribution in [2.75, 3.05) is 5.75 Å². The monoisotopic (exact) mass is 335 g/mol. The highest BCUT2D eigenvalue weighted by Crippen LogP contribution is 2.08. The fraction of sp³-hybridized carbons (Fsp3) is 0.235. The Morgan fingerprint density at radius 2 is 1.74 bits per heavy atom. The lowest BCUT2D eigenvalue weighted by Crippen LogP contribution is -2.28. The van der Waals surface area contributed by atoms with Crippen molar-refractivity contribution in [2.45, 2.75) is 18.9 Å². The van der Waals surface area contributed by atoms with Gasteiger partial charge in [0.2, 0.25) is 5.91 Å². The normalized spacial score (nSPS) is 11.9. The van der Waals surface area contributed by atoms with Crippen molar-refractivity contribution in [2.24, 2.45) is 0 Å². The van der Waals surface area contributed by atoms with Crippen LogP contribution in [0.3, 0.4) is 0 Å². The smallest absolute Gasteiger partial charge is 0.232 e. The van der Waals surface area contributed by atoms with Crippen LogP contribution in [-0.2, 0) is 34.5 Å². The van der Waals surface area contributed by atoms with E-state index < -0.39 is 10.8 Å². The van der Waals surface area contributed by atoms with Crippen LogP contribution in [0.1, 0.15) is 16.7 Å². The first-order chi connectivity index (χ1) is 11.1.